The van der Waals surface area contributed by atoms with E-state index in [1.165, 1.54) is 33.8 Å². The minimum absolute atomic E-state index is 0.00346. The van der Waals surface area contributed by atoms with E-state index in [2.05, 4.69) is 19.6 Å². The summed E-state index contributed by atoms with van der Waals surface area (Å²) >= 11 is 6.16. The number of hydrogen-bond donors (Lipinski definition) is 2. The first-order valence-electron chi connectivity index (χ1n) is 10.4. The number of nitrogens with zero attached hydrogens (tertiary/aromatic N) is 6. The lowest BCUT2D eigenvalue weighted by atomic mass is 10.1. The number of imidazole rings is 1. The number of hydrogen-bond acceptors (Lipinski definition) is 6. The van der Waals surface area contributed by atoms with Crippen LogP contribution in [0.5, 0.6) is 0 Å². The second kappa shape index (κ2) is 9.79. The third kappa shape index (κ3) is 5.52. The highest BCUT2D eigenvalue weighted by Gasteiger charge is 2.30. The monoisotopic (exact) mass is 546 g/mol. The van der Waals surface area contributed by atoms with Crippen molar-refractivity contribution in [2.45, 2.75) is 39.3 Å². The lowest BCUT2D eigenvalue weighted by Gasteiger charge is -2.10. The maximum Gasteiger partial charge on any atom is 0.471 e. The van der Waals surface area contributed by atoms with Crippen LogP contribution in [0.3, 0.4) is 0 Å². The van der Waals surface area contributed by atoms with E-state index in [1.54, 1.807) is 0 Å². The number of alkyl halides is 3. The van der Waals surface area contributed by atoms with Gasteiger partial charge in [0.25, 0.3) is 5.56 Å². The first-order valence-corrected chi connectivity index (χ1v) is 12.3. The van der Waals surface area contributed by atoms with E-state index in [0.29, 0.717) is 17.5 Å². The topological polar surface area (TPSA) is 137 Å². The zero-order valence-corrected chi connectivity index (χ0v) is 20.2. The second-order valence-electron chi connectivity index (χ2n) is 7.75. The first-order chi connectivity index (χ1) is 16.9. The van der Waals surface area contributed by atoms with E-state index in [0.717, 1.165) is 16.7 Å². The normalized spacial score (nSPS) is 12.5. The Morgan fingerprint density at radius 1 is 1.19 bits per heavy atom. The van der Waals surface area contributed by atoms with Gasteiger partial charge in [0.05, 0.1) is 23.9 Å². The van der Waals surface area contributed by atoms with Gasteiger partial charge in [0.15, 0.2) is 11.2 Å². The summed E-state index contributed by atoms with van der Waals surface area (Å²) in [5.41, 5.74) is -0.885. The highest BCUT2D eigenvalue weighted by Crippen LogP contribution is 2.37. The first kappa shape index (κ1) is 26.0. The van der Waals surface area contributed by atoms with Gasteiger partial charge in [-0.25, -0.2) is 9.55 Å². The number of halogens is 4. The fourth-order valence-electron chi connectivity index (χ4n) is 3.55. The lowest BCUT2D eigenvalue weighted by Crippen LogP contribution is -2.22. The van der Waals surface area contributed by atoms with Crippen LogP contribution in [0.1, 0.15) is 24.5 Å². The van der Waals surface area contributed by atoms with Crippen molar-refractivity contribution in [2.75, 3.05) is 0 Å². The number of benzene rings is 1. The zero-order chi connectivity index (χ0) is 26.3. The molecule has 3 aromatic heterocycles. The molecule has 0 fully saturated rings. The Bertz CT molecular complexity index is 1530. The molecule has 0 aliphatic rings. The van der Waals surface area contributed by atoms with Crippen LogP contribution in [-0.2, 0) is 35.1 Å². The summed E-state index contributed by atoms with van der Waals surface area (Å²) in [4.78, 5) is 39.8. The summed E-state index contributed by atoms with van der Waals surface area (Å²) in [5, 5.41) is 4.00. The van der Waals surface area contributed by atoms with Crippen molar-refractivity contribution in [1.82, 2.24) is 28.9 Å². The molecule has 0 aliphatic heterocycles. The van der Waals surface area contributed by atoms with E-state index in [9.17, 15) is 22.5 Å². The summed E-state index contributed by atoms with van der Waals surface area (Å²) in [7, 11) is -4.90. The molecular weight excluding hydrogens is 528 g/mol. The Kier molecular flexibility index (Phi) is 7.08. The number of fused-ring (bicyclic) bond motifs is 1. The minimum atomic E-state index is -4.90. The van der Waals surface area contributed by atoms with E-state index >= 15 is 0 Å². The molecule has 192 valence electrons. The third-order valence-electron chi connectivity index (χ3n) is 5.10. The Balaban J connectivity index is 1.76. The molecular formula is C20H19ClF3N6O5P. The summed E-state index contributed by atoms with van der Waals surface area (Å²) in [6.07, 6.45) is -1.10. The highest BCUT2D eigenvalue weighted by atomic mass is 35.5. The Labute approximate surface area is 206 Å². The van der Waals surface area contributed by atoms with Gasteiger partial charge in [-0.3, -0.25) is 23.1 Å². The molecule has 16 heteroatoms. The van der Waals surface area contributed by atoms with Crippen molar-refractivity contribution in [1.29, 1.82) is 0 Å². The molecule has 3 heterocycles. The van der Waals surface area contributed by atoms with Gasteiger partial charge in [-0.2, -0.15) is 23.3 Å². The van der Waals surface area contributed by atoms with Gasteiger partial charge in [0.2, 0.25) is 5.28 Å². The van der Waals surface area contributed by atoms with Crippen LogP contribution in [0, 0.1) is 0 Å². The Morgan fingerprint density at radius 2 is 1.94 bits per heavy atom. The van der Waals surface area contributed by atoms with Crippen molar-refractivity contribution in [3.63, 3.8) is 0 Å². The number of aromatic nitrogens is 6. The molecule has 11 nitrogen and oxygen atoms in total. The zero-order valence-electron chi connectivity index (χ0n) is 18.6. The molecule has 1 aromatic carbocycles. The molecule has 4 aromatic rings. The predicted molar refractivity (Wildman–Crippen MR) is 122 cm³/mol. The Morgan fingerprint density at radius 3 is 2.61 bits per heavy atom. The van der Waals surface area contributed by atoms with Crippen LogP contribution in [0.25, 0.3) is 22.6 Å². The molecule has 0 spiro atoms. The number of phosphoric acid groups is 1. The molecule has 0 unspecified atom stereocenters. The van der Waals surface area contributed by atoms with Gasteiger partial charge in [-0.15, -0.1) is 0 Å². The van der Waals surface area contributed by atoms with Crippen molar-refractivity contribution < 1.29 is 32.0 Å². The van der Waals surface area contributed by atoms with Crippen LogP contribution in [-0.4, -0.2) is 38.7 Å². The average Bonchev–Trinajstić information content (AvgIpc) is 3.39. The van der Waals surface area contributed by atoms with E-state index in [1.807, 2.05) is 6.92 Å². The van der Waals surface area contributed by atoms with Crippen LogP contribution < -0.4 is 5.56 Å². The third-order valence-corrected chi connectivity index (χ3v) is 5.84. The second-order valence-corrected chi connectivity index (χ2v) is 9.32. The lowest BCUT2D eigenvalue weighted by molar-refractivity contribution is -0.137. The summed E-state index contributed by atoms with van der Waals surface area (Å²) in [6.45, 7) is 1.40. The molecule has 2 N–H and O–H groups in total. The van der Waals surface area contributed by atoms with Gasteiger partial charge in [0, 0.05) is 12.7 Å². The van der Waals surface area contributed by atoms with Crippen molar-refractivity contribution >= 4 is 30.6 Å². The Hall–Kier alpha value is -3.03. The molecule has 36 heavy (non-hydrogen) atoms. The molecule has 0 amide bonds. The SMILES string of the molecule is CCCn1c(Cl)nc2c(nc(-c3cnn(Cc4cccc(C(F)(F)F)c4)c3)n2COP(=O)(O)O)c1=O. The minimum Gasteiger partial charge on any atom is -0.303 e. The van der Waals surface area contributed by atoms with Crippen LogP contribution in [0.15, 0.2) is 41.5 Å². The average molecular weight is 547 g/mol. The van der Waals surface area contributed by atoms with Crippen LogP contribution in [0.4, 0.5) is 13.2 Å². The number of rotatable bonds is 8. The molecule has 0 aliphatic carbocycles. The van der Waals surface area contributed by atoms with Crippen molar-refractivity contribution in [2.24, 2.45) is 0 Å². The molecule has 0 atom stereocenters. The fraction of sp³-hybridized carbons (Fsp3) is 0.300. The van der Waals surface area contributed by atoms with Crippen LogP contribution >= 0.6 is 19.4 Å². The molecule has 0 bridgehead atoms. The molecule has 0 saturated heterocycles. The van der Waals surface area contributed by atoms with Gasteiger partial charge in [-0.05, 0) is 35.7 Å². The van der Waals surface area contributed by atoms with E-state index in [4.69, 9.17) is 21.4 Å². The summed E-state index contributed by atoms with van der Waals surface area (Å²) < 4.78 is 58.7. The number of phosphoric ester groups is 1. The van der Waals surface area contributed by atoms with Crippen molar-refractivity contribution in [3.05, 3.63) is 63.4 Å². The maximum atomic E-state index is 13.0. The maximum absolute atomic E-state index is 13.0. The smallest absolute Gasteiger partial charge is 0.303 e. The molecule has 0 radical (unpaired) electrons. The van der Waals surface area contributed by atoms with Crippen LogP contribution in [0.2, 0.25) is 5.28 Å². The standard InChI is InChI=1S/C20H19ClF3N6O5P/c1-2-6-29-18(31)15-17(27-19(29)21)30(11-35-36(32,33)34)16(26-15)13-8-25-28(10-13)9-12-4-3-5-14(7-12)20(22,23)24/h3-5,7-8,10H,2,6,9,11H2,1H3,(H2,32,33,34). The van der Waals surface area contributed by atoms with Crippen molar-refractivity contribution in [3.8, 4) is 11.4 Å². The highest BCUT2D eigenvalue weighted by molar-refractivity contribution is 7.46. The van der Waals surface area contributed by atoms with E-state index in [-0.39, 0.29) is 35.4 Å². The molecule has 4 rings (SSSR count). The molecule has 0 saturated carbocycles. The van der Waals surface area contributed by atoms with E-state index < -0.39 is 31.9 Å². The fourth-order valence-corrected chi connectivity index (χ4v) is 4.06. The largest absolute Gasteiger partial charge is 0.471 e. The summed E-state index contributed by atoms with van der Waals surface area (Å²) in [5.74, 6) is 0.0451. The quantitative estimate of drug-likeness (QED) is 0.252. The van der Waals surface area contributed by atoms with Gasteiger partial charge in [-0.1, -0.05) is 19.1 Å². The predicted octanol–water partition coefficient (Wildman–Crippen LogP) is 3.65. The van der Waals surface area contributed by atoms with Gasteiger partial charge < -0.3 is 9.79 Å². The van der Waals surface area contributed by atoms with Gasteiger partial charge in [0.1, 0.15) is 12.6 Å². The summed E-state index contributed by atoms with van der Waals surface area (Å²) in [6, 6.07) is 4.78. The van der Waals surface area contributed by atoms with Gasteiger partial charge >= 0.3 is 14.0 Å².